The highest BCUT2D eigenvalue weighted by Gasteiger charge is 2.18. The van der Waals surface area contributed by atoms with E-state index in [4.69, 9.17) is 44.9 Å². The summed E-state index contributed by atoms with van der Waals surface area (Å²) in [6, 6.07) is 11.4. The summed E-state index contributed by atoms with van der Waals surface area (Å²) in [4.78, 5) is 24.5. The van der Waals surface area contributed by atoms with Gasteiger partial charge in [0.2, 0.25) is 0 Å². The van der Waals surface area contributed by atoms with Crippen LogP contribution >= 0.6 is 35.4 Å². The Balaban J connectivity index is 1.86. The molecule has 3 N–H and O–H groups in total. The van der Waals surface area contributed by atoms with Gasteiger partial charge >= 0.3 is 0 Å². The molecule has 2 amide bonds. The fraction of sp³-hybridized carbons (Fsp3) is 0.211. The Morgan fingerprint density at radius 3 is 2.52 bits per heavy atom. The van der Waals surface area contributed by atoms with Gasteiger partial charge in [0.15, 0.2) is 11.2 Å². The molecule has 0 saturated heterocycles. The molecule has 154 valence electrons. The van der Waals surface area contributed by atoms with E-state index in [9.17, 15) is 9.59 Å². The van der Waals surface area contributed by atoms with Gasteiger partial charge in [-0.15, -0.1) is 0 Å². The number of ether oxygens (including phenoxy) is 2. The summed E-state index contributed by atoms with van der Waals surface area (Å²) >= 11 is 16.9. The van der Waals surface area contributed by atoms with E-state index in [1.807, 2.05) is 6.92 Å². The standard InChI is InChI=1S/C19H19Cl2N3O4S/c1-3-27-15-7-5-4-6-13(15)18(26)22-19(29)24-23-17(25)11(2)28-16-9-8-12(20)10-14(16)21/h4-11H,3H2,1-2H3,(H,23,25)(H2,22,24,26,29). The molecule has 0 saturated carbocycles. The van der Waals surface area contributed by atoms with Crippen LogP contribution < -0.4 is 25.6 Å². The number of carbonyl (C=O) groups is 2. The third-order valence-electron chi connectivity index (χ3n) is 3.52. The Morgan fingerprint density at radius 1 is 1.10 bits per heavy atom. The number of benzene rings is 2. The Morgan fingerprint density at radius 2 is 1.83 bits per heavy atom. The normalized spacial score (nSPS) is 11.2. The first-order chi connectivity index (χ1) is 13.8. The van der Waals surface area contributed by atoms with Gasteiger partial charge in [-0.3, -0.25) is 25.8 Å². The molecule has 1 unspecified atom stereocenters. The van der Waals surface area contributed by atoms with Gasteiger partial charge in [0, 0.05) is 5.02 Å². The molecule has 0 heterocycles. The van der Waals surface area contributed by atoms with Crippen LogP contribution in [0.15, 0.2) is 42.5 Å². The molecule has 0 aliphatic carbocycles. The summed E-state index contributed by atoms with van der Waals surface area (Å²) in [5.74, 6) is -0.260. The van der Waals surface area contributed by atoms with Crippen LogP contribution in [0.1, 0.15) is 24.2 Å². The van der Waals surface area contributed by atoms with Crippen LogP contribution in [0.5, 0.6) is 11.5 Å². The van der Waals surface area contributed by atoms with Crippen LogP contribution in [-0.4, -0.2) is 29.6 Å². The smallest absolute Gasteiger partial charge is 0.279 e. The highest BCUT2D eigenvalue weighted by atomic mass is 35.5. The molecular weight excluding hydrogens is 437 g/mol. The first-order valence-electron chi connectivity index (χ1n) is 8.56. The van der Waals surface area contributed by atoms with Crippen molar-refractivity contribution in [3.63, 3.8) is 0 Å². The predicted molar refractivity (Wildman–Crippen MR) is 116 cm³/mol. The van der Waals surface area contributed by atoms with Crippen molar-refractivity contribution in [2.75, 3.05) is 6.61 Å². The zero-order valence-corrected chi connectivity index (χ0v) is 18.0. The van der Waals surface area contributed by atoms with Gasteiger partial charge in [-0.05, 0) is 56.4 Å². The SMILES string of the molecule is CCOc1ccccc1C(=O)NC(=S)NNC(=O)C(C)Oc1ccc(Cl)cc1Cl. The molecule has 0 aliphatic heterocycles. The largest absolute Gasteiger partial charge is 0.493 e. The number of halogens is 2. The molecule has 7 nitrogen and oxygen atoms in total. The molecule has 0 aliphatic rings. The molecule has 29 heavy (non-hydrogen) atoms. The summed E-state index contributed by atoms with van der Waals surface area (Å²) in [6.45, 7) is 3.76. The number of hydrogen-bond donors (Lipinski definition) is 3. The second-order valence-corrected chi connectivity index (χ2v) is 6.91. The van der Waals surface area contributed by atoms with Gasteiger partial charge in [0.05, 0.1) is 17.2 Å². The van der Waals surface area contributed by atoms with E-state index < -0.39 is 17.9 Å². The lowest BCUT2D eigenvalue weighted by atomic mass is 10.2. The Kier molecular flexibility index (Phi) is 8.50. The number of nitrogens with one attached hydrogen (secondary N) is 3. The predicted octanol–water partition coefficient (Wildman–Crippen LogP) is 3.50. The molecule has 2 aromatic carbocycles. The second-order valence-electron chi connectivity index (χ2n) is 5.66. The quantitative estimate of drug-likeness (QED) is 0.456. The van der Waals surface area contributed by atoms with Gasteiger partial charge in [0.25, 0.3) is 11.8 Å². The first kappa shape index (κ1) is 22.7. The van der Waals surface area contributed by atoms with E-state index in [0.717, 1.165) is 0 Å². The van der Waals surface area contributed by atoms with Crippen LogP contribution in [0.3, 0.4) is 0 Å². The minimum absolute atomic E-state index is 0.0913. The van der Waals surface area contributed by atoms with Crippen molar-refractivity contribution in [2.24, 2.45) is 0 Å². The highest BCUT2D eigenvalue weighted by Crippen LogP contribution is 2.28. The maximum absolute atomic E-state index is 12.4. The van der Waals surface area contributed by atoms with Crippen LogP contribution in [-0.2, 0) is 4.79 Å². The van der Waals surface area contributed by atoms with Crippen molar-refractivity contribution in [2.45, 2.75) is 20.0 Å². The van der Waals surface area contributed by atoms with Crippen molar-refractivity contribution in [1.82, 2.24) is 16.2 Å². The molecule has 0 aromatic heterocycles. The number of amides is 2. The van der Waals surface area contributed by atoms with Crippen molar-refractivity contribution < 1.29 is 19.1 Å². The maximum atomic E-state index is 12.4. The summed E-state index contributed by atoms with van der Waals surface area (Å²) in [7, 11) is 0. The van der Waals surface area contributed by atoms with E-state index in [1.165, 1.54) is 13.0 Å². The van der Waals surface area contributed by atoms with Crippen LogP contribution in [0, 0.1) is 0 Å². The van der Waals surface area contributed by atoms with Gasteiger partial charge in [-0.1, -0.05) is 35.3 Å². The fourth-order valence-electron chi connectivity index (χ4n) is 2.17. The third-order valence-corrected chi connectivity index (χ3v) is 4.26. The van der Waals surface area contributed by atoms with E-state index in [0.29, 0.717) is 28.7 Å². The summed E-state index contributed by atoms with van der Waals surface area (Å²) < 4.78 is 10.9. The van der Waals surface area contributed by atoms with Crippen molar-refractivity contribution in [1.29, 1.82) is 0 Å². The molecule has 2 aromatic rings. The zero-order valence-electron chi connectivity index (χ0n) is 15.6. The summed E-state index contributed by atoms with van der Waals surface area (Å²) in [6.07, 6.45) is -0.890. The van der Waals surface area contributed by atoms with Gasteiger partial charge < -0.3 is 9.47 Å². The zero-order chi connectivity index (χ0) is 21.4. The lowest BCUT2D eigenvalue weighted by molar-refractivity contribution is -0.127. The van der Waals surface area contributed by atoms with Gasteiger partial charge in [-0.2, -0.15) is 0 Å². The summed E-state index contributed by atoms with van der Waals surface area (Å²) in [5.41, 5.74) is 5.13. The van der Waals surface area contributed by atoms with Crippen LogP contribution in [0.2, 0.25) is 10.0 Å². The molecule has 1 atom stereocenters. The topological polar surface area (TPSA) is 88.7 Å². The van der Waals surface area contributed by atoms with Crippen molar-refractivity contribution in [3.05, 3.63) is 58.1 Å². The van der Waals surface area contributed by atoms with E-state index in [2.05, 4.69) is 16.2 Å². The lowest BCUT2D eigenvalue weighted by Gasteiger charge is -2.17. The molecular formula is C19H19Cl2N3O4S. The number of para-hydroxylation sites is 1. The van der Waals surface area contributed by atoms with Crippen LogP contribution in [0.4, 0.5) is 0 Å². The molecule has 0 bridgehead atoms. The van der Waals surface area contributed by atoms with E-state index in [-0.39, 0.29) is 10.1 Å². The molecule has 0 radical (unpaired) electrons. The molecule has 0 fully saturated rings. The average molecular weight is 456 g/mol. The Hall–Kier alpha value is -2.55. The monoisotopic (exact) mass is 455 g/mol. The van der Waals surface area contributed by atoms with E-state index >= 15 is 0 Å². The minimum Gasteiger partial charge on any atom is -0.493 e. The number of hydrazine groups is 1. The van der Waals surface area contributed by atoms with E-state index in [1.54, 1.807) is 36.4 Å². The van der Waals surface area contributed by atoms with Crippen LogP contribution in [0.25, 0.3) is 0 Å². The maximum Gasteiger partial charge on any atom is 0.279 e. The molecule has 2 rings (SSSR count). The lowest BCUT2D eigenvalue weighted by Crippen LogP contribution is -2.51. The first-order valence-corrected chi connectivity index (χ1v) is 9.73. The molecule has 0 spiro atoms. The summed E-state index contributed by atoms with van der Waals surface area (Å²) in [5, 5.41) is 3.10. The van der Waals surface area contributed by atoms with Crippen molar-refractivity contribution in [3.8, 4) is 11.5 Å². The molecule has 10 heteroatoms. The van der Waals surface area contributed by atoms with Crippen molar-refractivity contribution >= 4 is 52.3 Å². The average Bonchev–Trinajstić information content (AvgIpc) is 2.68. The number of thiocarbonyl (C=S) groups is 1. The third kappa shape index (κ3) is 6.77. The van der Waals surface area contributed by atoms with Gasteiger partial charge in [-0.25, -0.2) is 0 Å². The van der Waals surface area contributed by atoms with Gasteiger partial charge in [0.1, 0.15) is 11.5 Å². The fourth-order valence-corrected chi connectivity index (χ4v) is 2.77. The Labute approximate surface area is 183 Å². The Bertz CT molecular complexity index is 911. The minimum atomic E-state index is -0.890. The number of hydrogen-bond acceptors (Lipinski definition) is 5. The number of rotatable bonds is 6. The number of carbonyl (C=O) groups excluding carboxylic acids is 2. The second kappa shape index (κ2) is 10.8. The highest BCUT2D eigenvalue weighted by molar-refractivity contribution is 7.80.